The average molecular weight is 311 g/mol. The first-order chi connectivity index (χ1) is 11.3. The van der Waals surface area contributed by atoms with Crippen molar-refractivity contribution in [3.05, 3.63) is 54.6 Å². The Hall–Kier alpha value is -2.49. The van der Waals surface area contributed by atoms with Crippen molar-refractivity contribution in [3.8, 4) is 17.2 Å². The molecule has 0 radical (unpaired) electrons. The lowest BCUT2D eigenvalue weighted by molar-refractivity contribution is -0.134. The number of hydrogen-bond acceptors (Lipinski definition) is 3. The SMILES string of the molecule is O=C(COc1ccc(Oc2ccccc2)cc1)N1CCCCC1. The Bertz CT molecular complexity index is 619. The van der Waals surface area contributed by atoms with Crippen molar-refractivity contribution in [2.24, 2.45) is 0 Å². The highest BCUT2D eigenvalue weighted by Gasteiger charge is 2.16. The van der Waals surface area contributed by atoms with Gasteiger partial charge in [-0.05, 0) is 55.7 Å². The number of carbonyl (C=O) groups is 1. The van der Waals surface area contributed by atoms with E-state index in [0.717, 1.165) is 37.4 Å². The zero-order valence-electron chi connectivity index (χ0n) is 13.1. The van der Waals surface area contributed by atoms with Crippen LogP contribution in [0.3, 0.4) is 0 Å². The Balaban J connectivity index is 1.50. The fourth-order valence-corrected chi connectivity index (χ4v) is 2.61. The third-order valence-electron chi connectivity index (χ3n) is 3.87. The highest BCUT2D eigenvalue weighted by molar-refractivity contribution is 5.77. The van der Waals surface area contributed by atoms with E-state index in [-0.39, 0.29) is 12.5 Å². The molecule has 0 unspecified atom stereocenters. The lowest BCUT2D eigenvalue weighted by Gasteiger charge is -2.26. The van der Waals surface area contributed by atoms with Crippen LogP contribution < -0.4 is 9.47 Å². The van der Waals surface area contributed by atoms with Gasteiger partial charge in [0.2, 0.25) is 0 Å². The van der Waals surface area contributed by atoms with Crippen molar-refractivity contribution in [1.29, 1.82) is 0 Å². The van der Waals surface area contributed by atoms with E-state index < -0.39 is 0 Å². The number of rotatable bonds is 5. The predicted octanol–water partition coefficient (Wildman–Crippen LogP) is 3.87. The number of likely N-dealkylation sites (tertiary alicyclic amines) is 1. The molecule has 0 N–H and O–H groups in total. The van der Waals surface area contributed by atoms with Gasteiger partial charge in [0.1, 0.15) is 17.2 Å². The van der Waals surface area contributed by atoms with E-state index >= 15 is 0 Å². The van der Waals surface area contributed by atoms with Crippen LogP contribution in [0.15, 0.2) is 54.6 Å². The molecular weight excluding hydrogens is 290 g/mol. The van der Waals surface area contributed by atoms with Crippen LogP contribution in [0, 0.1) is 0 Å². The van der Waals surface area contributed by atoms with Gasteiger partial charge in [-0.25, -0.2) is 0 Å². The Morgan fingerprint density at radius 2 is 1.43 bits per heavy atom. The quantitative estimate of drug-likeness (QED) is 0.841. The summed E-state index contributed by atoms with van der Waals surface area (Å²) < 4.78 is 11.3. The zero-order valence-corrected chi connectivity index (χ0v) is 13.1. The zero-order chi connectivity index (χ0) is 15.9. The number of ether oxygens (including phenoxy) is 2. The maximum atomic E-state index is 12.1. The third kappa shape index (κ3) is 4.49. The summed E-state index contributed by atoms with van der Waals surface area (Å²) in [6, 6.07) is 16.9. The van der Waals surface area contributed by atoms with Crippen molar-refractivity contribution in [2.75, 3.05) is 19.7 Å². The molecule has 0 aliphatic carbocycles. The molecule has 1 aliphatic heterocycles. The molecule has 2 aromatic carbocycles. The van der Waals surface area contributed by atoms with E-state index in [2.05, 4.69) is 0 Å². The standard InChI is InChI=1S/C19H21NO3/c21-19(20-13-5-2-6-14-20)15-22-16-9-11-18(12-10-16)23-17-7-3-1-4-8-17/h1,3-4,7-12H,2,5-6,13-15H2. The molecule has 0 spiro atoms. The number of piperidine rings is 1. The van der Waals surface area contributed by atoms with Gasteiger partial charge in [0, 0.05) is 13.1 Å². The van der Waals surface area contributed by atoms with Gasteiger partial charge in [-0.1, -0.05) is 18.2 Å². The van der Waals surface area contributed by atoms with Crippen LogP contribution in [-0.4, -0.2) is 30.5 Å². The summed E-state index contributed by atoms with van der Waals surface area (Å²) in [6.07, 6.45) is 3.40. The van der Waals surface area contributed by atoms with E-state index in [9.17, 15) is 4.79 Å². The minimum absolute atomic E-state index is 0.0642. The molecule has 120 valence electrons. The fourth-order valence-electron chi connectivity index (χ4n) is 2.61. The molecule has 1 saturated heterocycles. The van der Waals surface area contributed by atoms with Crippen molar-refractivity contribution in [2.45, 2.75) is 19.3 Å². The number of carbonyl (C=O) groups excluding carboxylic acids is 1. The van der Waals surface area contributed by atoms with Crippen molar-refractivity contribution in [1.82, 2.24) is 4.90 Å². The lowest BCUT2D eigenvalue weighted by Crippen LogP contribution is -2.38. The second-order valence-corrected chi connectivity index (χ2v) is 5.62. The molecule has 1 heterocycles. The number of para-hydroxylation sites is 1. The second kappa shape index (κ2) is 7.68. The monoisotopic (exact) mass is 311 g/mol. The van der Waals surface area contributed by atoms with Crippen molar-refractivity contribution >= 4 is 5.91 Å². The third-order valence-corrected chi connectivity index (χ3v) is 3.87. The molecule has 0 bridgehead atoms. The number of benzene rings is 2. The molecule has 23 heavy (non-hydrogen) atoms. The minimum atomic E-state index is 0.0642. The highest BCUT2D eigenvalue weighted by atomic mass is 16.5. The van der Waals surface area contributed by atoms with E-state index in [0.29, 0.717) is 5.75 Å². The number of hydrogen-bond donors (Lipinski definition) is 0. The van der Waals surface area contributed by atoms with Gasteiger partial charge in [0.15, 0.2) is 6.61 Å². The maximum Gasteiger partial charge on any atom is 0.260 e. The van der Waals surface area contributed by atoms with Crippen LogP contribution in [0.4, 0.5) is 0 Å². The van der Waals surface area contributed by atoms with Gasteiger partial charge in [0.25, 0.3) is 5.91 Å². The Labute approximate surface area is 136 Å². The molecule has 4 heteroatoms. The topological polar surface area (TPSA) is 38.8 Å². The number of amides is 1. The summed E-state index contributed by atoms with van der Waals surface area (Å²) in [5.74, 6) is 2.28. The van der Waals surface area contributed by atoms with E-state index in [1.807, 2.05) is 59.5 Å². The summed E-state index contributed by atoms with van der Waals surface area (Å²) in [6.45, 7) is 1.80. The van der Waals surface area contributed by atoms with Gasteiger partial charge in [-0.3, -0.25) is 4.79 Å². The van der Waals surface area contributed by atoms with Gasteiger partial charge in [0.05, 0.1) is 0 Å². The van der Waals surface area contributed by atoms with Crippen LogP contribution in [0.25, 0.3) is 0 Å². The first kappa shape index (κ1) is 15.4. The summed E-state index contributed by atoms with van der Waals surface area (Å²) in [4.78, 5) is 13.9. The van der Waals surface area contributed by atoms with E-state index in [1.165, 1.54) is 6.42 Å². The molecule has 3 rings (SSSR count). The highest BCUT2D eigenvalue weighted by Crippen LogP contribution is 2.23. The summed E-state index contributed by atoms with van der Waals surface area (Å²) in [5, 5.41) is 0. The first-order valence-electron chi connectivity index (χ1n) is 8.05. The normalized spacial score (nSPS) is 14.3. The van der Waals surface area contributed by atoms with Gasteiger partial charge in [-0.2, -0.15) is 0 Å². The molecule has 4 nitrogen and oxygen atoms in total. The van der Waals surface area contributed by atoms with Crippen molar-refractivity contribution in [3.63, 3.8) is 0 Å². The fraction of sp³-hybridized carbons (Fsp3) is 0.316. The van der Waals surface area contributed by atoms with Crippen LogP contribution in [-0.2, 0) is 4.79 Å². The van der Waals surface area contributed by atoms with E-state index in [1.54, 1.807) is 0 Å². The van der Waals surface area contributed by atoms with Crippen LogP contribution in [0.5, 0.6) is 17.2 Å². The Morgan fingerprint density at radius 1 is 0.826 bits per heavy atom. The van der Waals surface area contributed by atoms with Crippen molar-refractivity contribution < 1.29 is 14.3 Å². The smallest absolute Gasteiger partial charge is 0.260 e. The maximum absolute atomic E-state index is 12.1. The molecule has 0 aromatic heterocycles. The van der Waals surface area contributed by atoms with E-state index in [4.69, 9.17) is 9.47 Å². The van der Waals surface area contributed by atoms with Crippen LogP contribution in [0.2, 0.25) is 0 Å². The Kier molecular flexibility index (Phi) is 5.14. The molecule has 2 aromatic rings. The van der Waals surface area contributed by atoms with Gasteiger partial charge >= 0.3 is 0 Å². The lowest BCUT2D eigenvalue weighted by atomic mass is 10.1. The minimum Gasteiger partial charge on any atom is -0.484 e. The second-order valence-electron chi connectivity index (χ2n) is 5.62. The number of nitrogens with zero attached hydrogens (tertiary/aromatic N) is 1. The summed E-state index contributed by atoms with van der Waals surface area (Å²) >= 11 is 0. The molecule has 1 aliphatic rings. The molecule has 1 amide bonds. The van der Waals surface area contributed by atoms with Gasteiger partial charge in [-0.15, -0.1) is 0 Å². The molecule has 0 saturated carbocycles. The summed E-state index contributed by atoms with van der Waals surface area (Å²) in [7, 11) is 0. The predicted molar refractivity (Wildman–Crippen MR) is 88.9 cm³/mol. The molecular formula is C19H21NO3. The largest absolute Gasteiger partial charge is 0.484 e. The molecule has 0 atom stereocenters. The first-order valence-corrected chi connectivity index (χ1v) is 8.05. The van der Waals surface area contributed by atoms with Crippen LogP contribution in [0.1, 0.15) is 19.3 Å². The Morgan fingerprint density at radius 3 is 2.13 bits per heavy atom. The summed E-state index contributed by atoms with van der Waals surface area (Å²) in [5.41, 5.74) is 0. The van der Waals surface area contributed by atoms with Gasteiger partial charge < -0.3 is 14.4 Å². The van der Waals surface area contributed by atoms with Crippen LogP contribution >= 0.6 is 0 Å². The average Bonchev–Trinajstić information content (AvgIpc) is 2.62. The molecule has 1 fully saturated rings.